The van der Waals surface area contributed by atoms with Crippen molar-refractivity contribution >= 4 is 10.0 Å². The minimum atomic E-state index is -4.49. The Labute approximate surface area is 96.6 Å². The van der Waals surface area contributed by atoms with Crippen LogP contribution < -0.4 is 0 Å². The fraction of sp³-hybridized carbons (Fsp3) is 0.333. The molecule has 1 rings (SSSR count). The van der Waals surface area contributed by atoms with Gasteiger partial charge < -0.3 is 0 Å². The van der Waals surface area contributed by atoms with E-state index < -0.39 is 21.8 Å². The number of rotatable bonds is 3. The topological polar surface area (TPSA) is 46.6 Å². The van der Waals surface area contributed by atoms with Gasteiger partial charge in [-0.2, -0.15) is 13.2 Å². The van der Waals surface area contributed by atoms with Crippen molar-refractivity contribution in [1.29, 1.82) is 0 Å². The van der Waals surface area contributed by atoms with Gasteiger partial charge in [0.15, 0.2) is 0 Å². The molecule has 0 radical (unpaired) electrons. The number of hydroxylamine groups is 1. The fourth-order valence-corrected chi connectivity index (χ4v) is 2.04. The zero-order chi connectivity index (χ0) is 13.3. The molecule has 0 saturated carbocycles. The van der Waals surface area contributed by atoms with Crippen molar-refractivity contribution < 1.29 is 26.4 Å². The lowest BCUT2D eigenvalue weighted by atomic mass is 10.2. The van der Waals surface area contributed by atoms with Gasteiger partial charge >= 0.3 is 6.18 Å². The number of sulfonamides is 1. The number of nitrogens with zero attached hydrogens (tertiary/aromatic N) is 1. The molecule has 0 aliphatic heterocycles. The number of halogens is 3. The third kappa shape index (κ3) is 2.96. The Bertz CT molecular complexity index is 481. The first kappa shape index (κ1) is 13.9. The standard InChI is InChI=1S/C9H10F3NO3S/c1-13(16-2)17(14,15)8-5-3-7(4-6-8)9(10,11)12/h3-6H,1-2H3. The Kier molecular flexibility index (Phi) is 3.80. The van der Waals surface area contributed by atoms with Gasteiger partial charge in [-0.3, -0.25) is 4.84 Å². The summed E-state index contributed by atoms with van der Waals surface area (Å²) >= 11 is 0. The number of hydrogen-bond acceptors (Lipinski definition) is 3. The lowest BCUT2D eigenvalue weighted by molar-refractivity contribution is -0.137. The Hall–Kier alpha value is -1.12. The van der Waals surface area contributed by atoms with Crippen LogP contribution in [0.2, 0.25) is 0 Å². The summed E-state index contributed by atoms with van der Waals surface area (Å²) in [6.45, 7) is 0. The van der Waals surface area contributed by atoms with Crippen molar-refractivity contribution in [3.05, 3.63) is 29.8 Å². The number of alkyl halides is 3. The molecule has 96 valence electrons. The maximum Gasteiger partial charge on any atom is 0.416 e. The van der Waals surface area contributed by atoms with Crippen molar-refractivity contribution in [2.45, 2.75) is 11.1 Å². The van der Waals surface area contributed by atoms with Gasteiger partial charge in [-0.05, 0) is 24.3 Å². The summed E-state index contributed by atoms with van der Waals surface area (Å²) in [5.74, 6) is 0. The monoisotopic (exact) mass is 269 g/mol. The van der Waals surface area contributed by atoms with Crippen molar-refractivity contribution in [3.63, 3.8) is 0 Å². The molecule has 0 aliphatic rings. The molecule has 0 spiro atoms. The molecule has 0 heterocycles. The lowest BCUT2D eigenvalue weighted by Crippen LogP contribution is -2.25. The number of hydrogen-bond donors (Lipinski definition) is 0. The van der Waals surface area contributed by atoms with E-state index in [0.717, 1.165) is 26.3 Å². The second-order valence-electron chi connectivity index (χ2n) is 3.12. The first-order chi connectivity index (χ1) is 7.69. The smallest absolute Gasteiger partial charge is 0.288 e. The van der Waals surface area contributed by atoms with Gasteiger partial charge in [0.2, 0.25) is 0 Å². The molecule has 1 aromatic rings. The highest BCUT2D eigenvalue weighted by atomic mass is 32.2. The van der Waals surface area contributed by atoms with Gasteiger partial charge in [-0.1, -0.05) is 4.47 Å². The number of benzene rings is 1. The lowest BCUT2D eigenvalue weighted by Gasteiger charge is -2.14. The van der Waals surface area contributed by atoms with Crippen LogP contribution in [0.15, 0.2) is 29.2 Å². The van der Waals surface area contributed by atoms with E-state index in [4.69, 9.17) is 0 Å². The summed E-state index contributed by atoms with van der Waals surface area (Å²) < 4.78 is 60.6. The maximum atomic E-state index is 12.3. The molecule has 0 bridgehead atoms. The van der Waals surface area contributed by atoms with E-state index in [1.54, 1.807) is 0 Å². The van der Waals surface area contributed by atoms with E-state index in [0.29, 0.717) is 16.6 Å². The van der Waals surface area contributed by atoms with Crippen molar-refractivity contribution in [3.8, 4) is 0 Å². The highest BCUT2D eigenvalue weighted by Crippen LogP contribution is 2.30. The summed E-state index contributed by atoms with van der Waals surface area (Å²) in [5, 5.41) is 0. The Morgan fingerprint density at radius 2 is 1.65 bits per heavy atom. The van der Waals surface area contributed by atoms with E-state index in [1.807, 2.05) is 0 Å². The Balaban J connectivity index is 3.12. The zero-order valence-electron chi connectivity index (χ0n) is 9.02. The molecule has 8 heteroatoms. The van der Waals surface area contributed by atoms with Crippen LogP contribution in [-0.4, -0.2) is 27.0 Å². The van der Waals surface area contributed by atoms with Crippen LogP contribution in [0.25, 0.3) is 0 Å². The third-order valence-corrected chi connectivity index (χ3v) is 3.77. The largest absolute Gasteiger partial charge is 0.416 e. The summed E-state index contributed by atoms with van der Waals surface area (Å²) in [4.78, 5) is 4.22. The SMILES string of the molecule is CON(C)S(=O)(=O)c1ccc(C(F)(F)F)cc1. The summed E-state index contributed by atoms with van der Waals surface area (Å²) in [6, 6.07) is 3.17. The van der Waals surface area contributed by atoms with Gasteiger partial charge in [-0.25, -0.2) is 8.42 Å². The van der Waals surface area contributed by atoms with Crippen LogP contribution in [0.3, 0.4) is 0 Å². The molecule has 0 saturated heterocycles. The average Bonchev–Trinajstić information content (AvgIpc) is 2.27. The highest BCUT2D eigenvalue weighted by molar-refractivity contribution is 7.89. The maximum absolute atomic E-state index is 12.3. The van der Waals surface area contributed by atoms with E-state index in [9.17, 15) is 21.6 Å². The van der Waals surface area contributed by atoms with Gasteiger partial charge in [0.1, 0.15) is 0 Å². The second-order valence-corrected chi connectivity index (χ2v) is 5.06. The molecular weight excluding hydrogens is 259 g/mol. The van der Waals surface area contributed by atoms with Crippen molar-refractivity contribution in [2.75, 3.05) is 14.2 Å². The van der Waals surface area contributed by atoms with E-state index in [-0.39, 0.29) is 4.90 Å². The minimum Gasteiger partial charge on any atom is -0.288 e. The minimum absolute atomic E-state index is 0.269. The van der Waals surface area contributed by atoms with Gasteiger partial charge in [0.05, 0.1) is 17.6 Å². The molecule has 0 unspecified atom stereocenters. The summed E-state index contributed by atoms with van der Waals surface area (Å²) in [5.41, 5.74) is -0.906. The zero-order valence-corrected chi connectivity index (χ0v) is 9.84. The van der Waals surface area contributed by atoms with E-state index in [1.165, 1.54) is 0 Å². The predicted molar refractivity (Wildman–Crippen MR) is 53.4 cm³/mol. The van der Waals surface area contributed by atoms with Crippen LogP contribution in [0.1, 0.15) is 5.56 Å². The van der Waals surface area contributed by atoms with Gasteiger partial charge in [0, 0.05) is 7.05 Å². The third-order valence-electron chi connectivity index (χ3n) is 2.08. The second kappa shape index (κ2) is 4.63. The first-order valence-electron chi connectivity index (χ1n) is 4.40. The summed E-state index contributed by atoms with van der Waals surface area (Å²) in [7, 11) is -1.62. The van der Waals surface area contributed by atoms with Gasteiger partial charge in [-0.15, -0.1) is 0 Å². The van der Waals surface area contributed by atoms with Crippen molar-refractivity contribution in [1.82, 2.24) is 4.47 Å². The molecule has 17 heavy (non-hydrogen) atoms. The van der Waals surface area contributed by atoms with Crippen LogP contribution in [0, 0.1) is 0 Å². The van der Waals surface area contributed by atoms with Crippen molar-refractivity contribution in [2.24, 2.45) is 0 Å². The Morgan fingerprint density at radius 1 is 1.18 bits per heavy atom. The van der Waals surface area contributed by atoms with E-state index >= 15 is 0 Å². The molecular formula is C9H10F3NO3S. The predicted octanol–water partition coefficient (Wildman–Crippen LogP) is 1.89. The van der Waals surface area contributed by atoms with E-state index in [2.05, 4.69) is 4.84 Å². The van der Waals surface area contributed by atoms with Crippen LogP contribution in [0.4, 0.5) is 13.2 Å². The molecule has 0 N–H and O–H groups in total. The fourth-order valence-electron chi connectivity index (χ4n) is 1.06. The molecule has 0 fully saturated rings. The molecule has 4 nitrogen and oxygen atoms in total. The molecule has 0 aromatic heterocycles. The first-order valence-corrected chi connectivity index (χ1v) is 5.84. The molecule has 1 aromatic carbocycles. The molecule has 0 amide bonds. The molecule has 0 aliphatic carbocycles. The van der Waals surface area contributed by atoms with Gasteiger partial charge in [0.25, 0.3) is 10.0 Å². The van der Waals surface area contributed by atoms with Crippen LogP contribution in [-0.2, 0) is 21.0 Å². The van der Waals surface area contributed by atoms with Crippen LogP contribution >= 0.6 is 0 Å². The van der Waals surface area contributed by atoms with Crippen LogP contribution in [0.5, 0.6) is 0 Å². The normalized spacial score (nSPS) is 13.1. The average molecular weight is 269 g/mol. The molecule has 0 atom stereocenters. The quantitative estimate of drug-likeness (QED) is 0.787. The Morgan fingerprint density at radius 3 is 2.00 bits per heavy atom. The summed E-state index contributed by atoms with van der Waals surface area (Å²) in [6.07, 6.45) is -4.49. The highest BCUT2D eigenvalue weighted by Gasteiger charge is 2.31.